The van der Waals surface area contributed by atoms with Crippen LogP contribution in [0, 0.1) is 13.8 Å². The number of hydrogen-bond acceptors (Lipinski definition) is 5. The van der Waals surface area contributed by atoms with E-state index >= 15 is 0 Å². The highest BCUT2D eigenvalue weighted by molar-refractivity contribution is 8.00. The molecule has 0 aliphatic carbocycles. The number of thioether (sulfide) groups is 1. The largest absolute Gasteiger partial charge is 0.310 e. The van der Waals surface area contributed by atoms with Gasteiger partial charge in [-0.3, -0.25) is 4.79 Å². The number of pyridine rings is 1. The van der Waals surface area contributed by atoms with Crippen LogP contribution in [0.4, 0.5) is 5.82 Å². The number of carbonyl (C=O) groups is 1. The van der Waals surface area contributed by atoms with Crippen LogP contribution in [0.25, 0.3) is 5.82 Å². The molecule has 1 aliphatic heterocycles. The van der Waals surface area contributed by atoms with Crippen molar-refractivity contribution in [2.24, 2.45) is 0 Å². The number of nitrogens with one attached hydrogen (secondary N) is 1. The first-order valence-corrected chi connectivity index (χ1v) is 9.54. The van der Waals surface area contributed by atoms with E-state index < -0.39 is 0 Å². The summed E-state index contributed by atoms with van der Waals surface area (Å²) in [5, 5.41) is 9.89. The van der Waals surface area contributed by atoms with Crippen molar-refractivity contribution in [3.63, 3.8) is 0 Å². The molecule has 3 aromatic rings. The van der Waals surface area contributed by atoms with E-state index in [0.717, 1.165) is 17.1 Å². The molecule has 3 aromatic heterocycles. The highest BCUT2D eigenvalue weighted by Crippen LogP contribution is 2.46. The van der Waals surface area contributed by atoms with Crippen LogP contribution in [-0.2, 0) is 4.79 Å². The molecule has 0 radical (unpaired) electrons. The Labute approximate surface area is 148 Å². The van der Waals surface area contributed by atoms with Gasteiger partial charge >= 0.3 is 0 Å². The van der Waals surface area contributed by atoms with Crippen LogP contribution in [0.2, 0.25) is 0 Å². The zero-order valence-electron chi connectivity index (χ0n) is 13.3. The van der Waals surface area contributed by atoms with E-state index in [1.54, 1.807) is 34.0 Å². The number of fused-ring (bicyclic) bond motifs is 1. The van der Waals surface area contributed by atoms with Crippen molar-refractivity contribution in [1.29, 1.82) is 0 Å². The molecule has 0 spiro atoms. The molecule has 0 saturated heterocycles. The minimum absolute atomic E-state index is 0.00459. The van der Waals surface area contributed by atoms with Crippen LogP contribution in [-0.4, -0.2) is 26.4 Å². The van der Waals surface area contributed by atoms with Crippen molar-refractivity contribution in [1.82, 2.24) is 14.8 Å². The molecule has 0 bridgehead atoms. The average molecular weight is 356 g/mol. The van der Waals surface area contributed by atoms with Crippen molar-refractivity contribution in [2.45, 2.75) is 19.1 Å². The first-order chi connectivity index (χ1) is 11.6. The van der Waals surface area contributed by atoms with Crippen molar-refractivity contribution in [3.05, 3.63) is 57.5 Å². The number of aromatic nitrogens is 3. The monoisotopic (exact) mass is 356 g/mol. The van der Waals surface area contributed by atoms with Gasteiger partial charge in [0.25, 0.3) is 0 Å². The average Bonchev–Trinajstić information content (AvgIpc) is 3.09. The number of hydrogen-bond donors (Lipinski definition) is 1. The van der Waals surface area contributed by atoms with Gasteiger partial charge in [-0.15, -0.1) is 23.1 Å². The summed E-state index contributed by atoms with van der Waals surface area (Å²) >= 11 is 3.39. The third-order valence-corrected chi connectivity index (χ3v) is 6.48. The Hall–Kier alpha value is -2.12. The molecule has 7 heteroatoms. The maximum absolute atomic E-state index is 12.2. The van der Waals surface area contributed by atoms with E-state index in [-0.39, 0.29) is 11.2 Å². The molecule has 0 saturated carbocycles. The number of aryl methyl sites for hydroxylation is 2. The van der Waals surface area contributed by atoms with Gasteiger partial charge in [0.15, 0.2) is 5.82 Å². The topological polar surface area (TPSA) is 59.8 Å². The molecular formula is C17H16N4OS2. The van der Waals surface area contributed by atoms with Crippen molar-refractivity contribution < 1.29 is 4.79 Å². The van der Waals surface area contributed by atoms with Crippen LogP contribution in [0.5, 0.6) is 0 Å². The van der Waals surface area contributed by atoms with Gasteiger partial charge in [-0.1, -0.05) is 6.07 Å². The molecule has 0 fully saturated rings. The summed E-state index contributed by atoms with van der Waals surface area (Å²) in [5.74, 6) is 1.86. The standard InChI is InChI=1S/C17H16N4OS2/c1-10-6-8-23-15(10)16-14-11(2)20-21(12-5-3-4-7-18-12)17(14)19-13(22)9-24-16/h3-8,16H,9H2,1-2H3,(H,19,22)/t16-/m1/s1. The van der Waals surface area contributed by atoms with Crippen molar-refractivity contribution >= 4 is 34.8 Å². The lowest BCUT2D eigenvalue weighted by atomic mass is 10.1. The first-order valence-electron chi connectivity index (χ1n) is 7.61. The molecule has 5 nitrogen and oxygen atoms in total. The SMILES string of the molecule is Cc1ccsc1[C@@H]1SCC(=O)Nc2c1c(C)nn2-c1ccccn1. The van der Waals surface area contributed by atoms with Gasteiger partial charge in [-0.05, 0) is 43.0 Å². The highest BCUT2D eigenvalue weighted by atomic mass is 32.2. The highest BCUT2D eigenvalue weighted by Gasteiger charge is 2.32. The van der Waals surface area contributed by atoms with Crippen LogP contribution in [0.3, 0.4) is 0 Å². The molecule has 1 atom stereocenters. The number of rotatable bonds is 2. The summed E-state index contributed by atoms with van der Waals surface area (Å²) in [6, 6.07) is 7.80. The molecule has 0 aromatic carbocycles. The molecular weight excluding hydrogens is 340 g/mol. The van der Waals surface area contributed by atoms with Gasteiger partial charge < -0.3 is 5.32 Å². The molecule has 4 heterocycles. The Morgan fingerprint density at radius 2 is 2.17 bits per heavy atom. The van der Waals surface area contributed by atoms with E-state index in [1.807, 2.05) is 25.1 Å². The maximum Gasteiger partial charge on any atom is 0.235 e. The van der Waals surface area contributed by atoms with Gasteiger partial charge in [-0.25, -0.2) is 4.98 Å². The summed E-state index contributed by atoms with van der Waals surface area (Å²) in [4.78, 5) is 17.9. The molecule has 4 rings (SSSR count). The Kier molecular flexibility index (Phi) is 3.90. The second-order valence-electron chi connectivity index (χ2n) is 5.65. The fraction of sp³-hybridized carbons (Fsp3) is 0.235. The Morgan fingerprint density at radius 1 is 1.29 bits per heavy atom. The van der Waals surface area contributed by atoms with Crippen LogP contribution < -0.4 is 5.32 Å². The second-order valence-corrected chi connectivity index (χ2v) is 7.70. The predicted octanol–water partition coefficient (Wildman–Crippen LogP) is 3.72. The van der Waals surface area contributed by atoms with E-state index in [1.165, 1.54) is 10.4 Å². The quantitative estimate of drug-likeness (QED) is 0.760. The zero-order valence-corrected chi connectivity index (χ0v) is 14.9. The Morgan fingerprint density at radius 3 is 2.88 bits per heavy atom. The first kappa shape index (κ1) is 15.4. The summed E-state index contributed by atoms with van der Waals surface area (Å²) in [7, 11) is 0. The fourth-order valence-corrected chi connectivity index (χ4v) is 5.35. The van der Waals surface area contributed by atoms with E-state index in [9.17, 15) is 4.79 Å². The Balaban J connectivity index is 1.92. The maximum atomic E-state index is 12.2. The zero-order chi connectivity index (χ0) is 16.7. The smallest absolute Gasteiger partial charge is 0.235 e. The van der Waals surface area contributed by atoms with Crippen molar-refractivity contribution in [3.8, 4) is 5.82 Å². The van der Waals surface area contributed by atoms with Gasteiger partial charge in [0.2, 0.25) is 5.91 Å². The molecule has 1 N–H and O–H groups in total. The lowest BCUT2D eigenvalue weighted by molar-refractivity contribution is -0.113. The number of thiophene rings is 1. The minimum Gasteiger partial charge on any atom is -0.310 e. The van der Waals surface area contributed by atoms with E-state index in [0.29, 0.717) is 11.6 Å². The van der Waals surface area contributed by atoms with Crippen LogP contribution >= 0.6 is 23.1 Å². The lowest BCUT2D eigenvalue weighted by Crippen LogP contribution is -2.16. The molecule has 0 unspecified atom stereocenters. The molecule has 24 heavy (non-hydrogen) atoms. The fourth-order valence-electron chi connectivity index (χ4n) is 2.89. The van der Waals surface area contributed by atoms with Gasteiger partial charge in [0, 0.05) is 16.6 Å². The number of anilines is 1. The lowest BCUT2D eigenvalue weighted by Gasteiger charge is -2.14. The number of amides is 1. The van der Waals surface area contributed by atoms with Gasteiger partial charge in [-0.2, -0.15) is 9.78 Å². The summed E-state index contributed by atoms with van der Waals surface area (Å²) in [5.41, 5.74) is 3.24. The molecule has 1 amide bonds. The van der Waals surface area contributed by atoms with Gasteiger partial charge in [0.05, 0.1) is 16.7 Å². The number of carbonyl (C=O) groups excluding carboxylic acids is 1. The third kappa shape index (κ3) is 2.53. The summed E-state index contributed by atoms with van der Waals surface area (Å²) < 4.78 is 1.74. The molecule has 122 valence electrons. The normalized spacial score (nSPS) is 17.2. The molecule has 1 aliphatic rings. The third-order valence-electron chi connectivity index (χ3n) is 4.01. The van der Waals surface area contributed by atoms with E-state index in [4.69, 9.17) is 0 Å². The Bertz CT molecular complexity index is 901. The van der Waals surface area contributed by atoms with Gasteiger partial charge in [0.1, 0.15) is 5.82 Å². The number of nitrogens with zero attached hydrogens (tertiary/aromatic N) is 3. The predicted molar refractivity (Wildman–Crippen MR) is 98.1 cm³/mol. The van der Waals surface area contributed by atoms with Crippen LogP contribution in [0.15, 0.2) is 35.8 Å². The van der Waals surface area contributed by atoms with E-state index in [2.05, 4.69) is 33.8 Å². The summed E-state index contributed by atoms with van der Waals surface area (Å²) in [6.45, 7) is 4.11. The van der Waals surface area contributed by atoms with Crippen molar-refractivity contribution in [2.75, 3.05) is 11.1 Å². The minimum atomic E-state index is -0.00459. The van der Waals surface area contributed by atoms with Crippen LogP contribution in [0.1, 0.15) is 26.9 Å². The second kappa shape index (κ2) is 6.07. The summed E-state index contributed by atoms with van der Waals surface area (Å²) in [6.07, 6.45) is 1.73.